The lowest BCUT2D eigenvalue weighted by atomic mass is 9.98. The Morgan fingerprint density at radius 3 is 2.71 bits per heavy atom. The normalized spacial score (nSPS) is 13.9. The van der Waals surface area contributed by atoms with E-state index in [1.54, 1.807) is 18.2 Å². The number of ether oxygens (including phenoxy) is 1. The van der Waals surface area contributed by atoms with E-state index in [1.807, 2.05) is 11.0 Å². The number of benzene rings is 1. The highest BCUT2D eigenvalue weighted by Crippen LogP contribution is 2.39. The summed E-state index contributed by atoms with van der Waals surface area (Å²) in [6.07, 6.45) is 5.70. The average Bonchev–Trinajstić information content (AvgIpc) is 2.85. The smallest absolute Gasteiger partial charge is 0.170 e. The molecule has 0 amide bonds. The van der Waals surface area contributed by atoms with Crippen LogP contribution in [0.3, 0.4) is 0 Å². The second kappa shape index (κ2) is 12.5. The quantitative estimate of drug-likeness (QED) is 0.359. The molecule has 0 aliphatic carbocycles. The van der Waals surface area contributed by atoms with E-state index in [1.165, 1.54) is 18.3 Å². The third-order valence-electron chi connectivity index (χ3n) is 5.45. The Kier molecular flexibility index (Phi) is 9.47. The van der Waals surface area contributed by atoms with Gasteiger partial charge >= 0.3 is 0 Å². The van der Waals surface area contributed by atoms with Crippen LogP contribution in [-0.2, 0) is 0 Å². The minimum atomic E-state index is -0.431. The number of pyridine rings is 1. The molecule has 1 aliphatic rings. The van der Waals surface area contributed by atoms with Gasteiger partial charge in [-0.3, -0.25) is 4.90 Å². The molecule has 0 unspecified atom stereocenters. The van der Waals surface area contributed by atoms with Gasteiger partial charge in [0.2, 0.25) is 0 Å². The number of aliphatic hydroxyl groups excluding tert-OH is 2. The van der Waals surface area contributed by atoms with Crippen LogP contribution in [0.4, 0.5) is 10.2 Å². The van der Waals surface area contributed by atoms with Crippen LogP contribution in [0.2, 0.25) is 5.02 Å². The molecule has 2 aromatic rings. The third kappa shape index (κ3) is 6.36. The summed E-state index contributed by atoms with van der Waals surface area (Å²) in [6.45, 7) is 6.54. The second-order valence-electron chi connectivity index (χ2n) is 7.72. The highest BCUT2D eigenvalue weighted by Gasteiger charge is 2.21. The van der Waals surface area contributed by atoms with Gasteiger partial charge in [-0.1, -0.05) is 24.3 Å². The maximum atomic E-state index is 14.6. The van der Waals surface area contributed by atoms with E-state index in [2.05, 4.69) is 16.9 Å². The predicted octanol–water partition coefficient (Wildman–Crippen LogP) is 3.43. The lowest BCUT2D eigenvalue weighted by Crippen LogP contribution is -2.31. The topological polar surface area (TPSA) is 104 Å². The highest BCUT2D eigenvalue weighted by molar-refractivity contribution is 6.30. The van der Waals surface area contributed by atoms with Gasteiger partial charge in [0.05, 0.1) is 25.5 Å². The molecule has 7 nitrogen and oxygen atoms in total. The first-order valence-corrected chi connectivity index (χ1v) is 11.4. The van der Waals surface area contributed by atoms with Crippen LogP contribution in [0.15, 0.2) is 54.8 Å². The van der Waals surface area contributed by atoms with E-state index >= 15 is 0 Å². The molecule has 9 heteroatoms. The molecule has 3 rings (SSSR count). The van der Waals surface area contributed by atoms with Crippen molar-refractivity contribution in [2.24, 2.45) is 5.73 Å². The van der Waals surface area contributed by atoms with Gasteiger partial charge in [-0.2, -0.15) is 0 Å². The molecule has 2 heterocycles. The number of allylic oxidation sites excluding steroid dienone is 3. The third-order valence-corrected chi connectivity index (χ3v) is 5.69. The van der Waals surface area contributed by atoms with Crippen molar-refractivity contribution in [2.75, 3.05) is 51.3 Å². The predicted molar refractivity (Wildman–Crippen MR) is 134 cm³/mol. The number of anilines is 1. The molecular weight excluding hydrogens is 459 g/mol. The van der Waals surface area contributed by atoms with Gasteiger partial charge in [0.25, 0.3) is 0 Å². The van der Waals surface area contributed by atoms with Crippen molar-refractivity contribution in [3.63, 3.8) is 0 Å². The SMILES string of the molecule is C=C/C(=C\C(=C/N)CCN(CCO)CCO)c1cc(-c2cc(Cl)ccc2F)nc2c1OCCN2. The molecule has 1 aromatic carbocycles. The van der Waals surface area contributed by atoms with Crippen LogP contribution >= 0.6 is 11.6 Å². The summed E-state index contributed by atoms with van der Waals surface area (Å²) in [5, 5.41) is 22.1. The Balaban J connectivity index is 2.00. The van der Waals surface area contributed by atoms with Crippen LogP contribution < -0.4 is 15.8 Å². The lowest BCUT2D eigenvalue weighted by molar-refractivity contribution is 0.162. The summed E-state index contributed by atoms with van der Waals surface area (Å²) in [6, 6.07) is 6.10. The van der Waals surface area contributed by atoms with Crippen molar-refractivity contribution >= 4 is 23.0 Å². The fourth-order valence-electron chi connectivity index (χ4n) is 3.72. The Labute approximate surface area is 204 Å². The lowest BCUT2D eigenvalue weighted by Gasteiger charge is -2.23. The van der Waals surface area contributed by atoms with E-state index in [9.17, 15) is 14.6 Å². The monoisotopic (exact) mass is 488 g/mol. The number of rotatable bonds is 11. The summed E-state index contributed by atoms with van der Waals surface area (Å²) in [5.74, 6) is 0.641. The molecule has 5 N–H and O–H groups in total. The van der Waals surface area contributed by atoms with Gasteiger partial charge in [0.15, 0.2) is 11.6 Å². The maximum Gasteiger partial charge on any atom is 0.170 e. The minimum absolute atomic E-state index is 0.00570. The number of nitrogens with zero attached hydrogens (tertiary/aromatic N) is 2. The van der Waals surface area contributed by atoms with Crippen molar-refractivity contribution in [1.29, 1.82) is 0 Å². The Hall–Kier alpha value is -2.91. The van der Waals surface area contributed by atoms with Gasteiger partial charge in [0.1, 0.15) is 12.4 Å². The van der Waals surface area contributed by atoms with E-state index < -0.39 is 5.82 Å². The summed E-state index contributed by atoms with van der Waals surface area (Å²) in [7, 11) is 0. The largest absolute Gasteiger partial charge is 0.487 e. The zero-order valence-electron chi connectivity index (χ0n) is 18.9. The number of aliphatic hydroxyl groups is 2. The van der Waals surface area contributed by atoms with Gasteiger partial charge in [-0.25, -0.2) is 9.37 Å². The van der Waals surface area contributed by atoms with Crippen molar-refractivity contribution in [3.8, 4) is 17.0 Å². The molecule has 0 radical (unpaired) electrons. The molecule has 0 fully saturated rings. The summed E-state index contributed by atoms with van der Waals surface area (Å²) in [5.41, 5.74) is 8.87. The van der Waals surface area contributed by atoms with Crippen molar-refractivity contribution in [2.45, 2.75) is 6.42 Å². The number of hydrogen-bond donors (Lipinski definition) is 4. The molecule has 0 spiro atoms. The van der Waals surface area contributed by atoms with E-state index in [0.717, 1.165) is 11.1 Å². The second-order valence-corrected chi connectivity index (χ2v) is 8.15. The first-order chi connectivity index (χ1) is 16.5. The van der Waals surface area contributed by atoms with E-state index in [0.29, 0.717) is 67.1 Å². The van der Waals surface area contributed by atoms with Crippen molar-refractivity contribution < 1.29 is 19.3 Å². The maximum absolute atomic E-state index is 14.6. The number of halogens is 2. The molecule has 0 bridgehead atoms. The first-order valence-electron chi connectivity index (χ1n) is 11.1. The molecule has 0 saturated heterocycles. The summed E-state index contributed by atoms with van der Waals surface area (Å²) < 4.78 is 20.5. The molecule has 1 aromatic heterocycles. The number of aromatic nitrogens is 1. The van der Waals surface area contributed by atoms with E-state index in [4.69, 9.17) is 22.1 Å². The number of fused-ring (bicyclic) bond motifs is 1. The van der Waals surface area contributed by atoms with E-state index in [-0.39, 0.29) is 18.8 Å². The highest BCUT2D eigenvalue weighted by atomic mass is 35.5. The summed E-state index contributed by atoms with van der Waals surface area (Å²) >= 11 is 6.11. The van der Waals surface area contributed by atoms with Crippen LogP contribution in [0.25, 0.3) is 16.8 Å². The Morgan fingerprint density at radius 2 is 2.03 bits per heavy atom. The molecule has 0 atom stereocenters. The van der Waals surface area contributed by atoms with Gasteiger partial charge in [-0.15, -0.1) is 0 Å². The average molecular weight is 489 g/mol. The van der Waals surface area contributed by atoms with Crippen LogP contribution in [0, 0.1) is 5.82 Å². The van der Waals surface area contributed by atoms with Gasteiger partial charge < -0.3 is 26.0 Å². The fraction of sp³-hybridized carbons (Fsp3) is 0.320. The number of nitrogens with two attached hydrogens (primary N) is 1. The number of nitrogens with one attached hydrogen (secondary N) is 1. The van der Waals surface area contributed by atoms with Gasteiger partial charge in [-0.05, 0) is 54.1 Å². The number of hydrogen-bond acceptors (Lipinski definition) is 7. The van der Waals surface area contributed by atoms with Crippen molar-refractivity contribution in [3.05, 3.63) is 71.2 Å². The Bertz CT molecular complexity index is 1070. The zero-order valence-corrected chi connectivity index (χ0v) is 19.7. The molecular formula is C25H30ClFN4O3. The summed E-state index contributed by atoms with van der Waals surface area (Å²) in [4.78, 5) is 6.52. The van der Waals surface area contributed by atoms with Gasteiger partial charge in [0, 0.05) is 35.8 Å². The Morgan fingerprint density at radius 1 is 1.26 bits per heavy atom. The van der Waals surface area contributed by atoms with Crippen LogP contribution in [0.1, 0.15) is 12.0 Å². The van der Waals surface area contributed by atoms with Crippen molar-refractivity contribution in [1.82, 2.24) is 9.88 Å². The standard InChI is InChI=1S/C25H30ClFN4O3/c1-2-18(13-17(16-28)5-7-31(8-10-32)9-11-33)20-15-23(21-14-19(26)3-4-22(21)27)30-25-24(20)34-12-6-29-25/h2-4,13-16,32-33H,1,5-12,28H2,(H,29,30)/b17-16-,18-13+. The molecule has 0 saturated carbocycles. The zero-order chi connectivity index (χ0) is 24.5. The molecule has 182 valence electrons. The molecule has 1 aliphatic heterocycles. The van der Waals surface area contributed by atoms with Crippen LogP contribution in [0.5, 0.6) is 5.75 Å². The van der Waals surface area contributed by atoms with Crippen LogP contribution in [-0.4, -0.2) is 66.1 Å². The molecule has 34 heavy (non-hydrogen) atoms. The minimum Gasteiger partial charge on any atom is -0.487 e. The first kappa shape index (κ1) is 25.7. The fourth-order valence-corrected chi connectivity index (χ4v) is 3.90.